The molecule has 0 aliphatic heterocycles. The van der Waals surface area contributed by atoms with Crippen LogP contribution < -0.4 is 0 Å². The van der Waals surface area contributed by atoms with Gasteiger partial charge in [0.15, 0.2) is 0 Å². The van der Waals surface area contributed by atoms with Crippen LogP contribution in [0.2, 0.25) is 0 Å². The van der Waals surface area contributed by atoms with E-state index >= 15 is 0 Å². The summed E-state index contributed by atoms with van der Waals surface area (Å²) in [5.74, 6) is -0.817. The Morgan fingerprint density at radius 2 is 0.624 bits per heavy atom. The number of halogens is 4. The molecular formula is C105H68F4Ir3N21. The molecule has 0 aliphatic rings. The van der Waals surface area contributed by atoms with Crippen LogP contribution in [0, 0.1) is 92.5 Å². The fraction of sp³-hybridized carbons (Fsp3) is 0.0571. The molecule has 24 rings (SSSR count). The molecule has 12 heterocycles. The van der Waals surface area contributed by atoms with Crippen molar-refractivity contribution in [1.29, 1.82) is 0 Å². The standard InChI is InChI=1S/3C22H12N6.C15H14F2N.C12H8F2N.C12H10N.3Ir/c3*1-3-7-19-16(5-1)17-10-9-15(27-14-26-18-6-2-4-8-20(18)27)11-21(17)28(19)22-24-12-23-13-25-22;1-15(2,3)10-6-7-18-14(8-10)12-5-4-11(16)9-13(12)17;1-8-4-5-15-12(6-8)10-3-2-9(13)7-11(10)14;1-10-7-8-13-12(9-10)11-5-3-2-4-6-11;;;/h3*1-8,10-13H;4,6-9H,1-3H3;2,4-7H,1H3;2-5,7-9H,1H3;;;/q3*-2;3*-1;3*+3. The molecule has 0 amide bonds. The number of hydrogen-bond donors (Lipinski definition) is 0. The molecule has 0 bridgehead atoms. The molecule has 0 saturated heterocycles. The molecule has 0 aliphatic carbocycles. The zero-order valence-corrected chi connectivity index (χ0v) is 78.2. The smallest absolute Gasteiger partial charge is 0.448 e. The topological polar surface area (TPSA) is 223 Å². The number of aryl methyl sites for hydroxylation is 2. The minimum Gasteiger partial charge on any atom is -0.448 e. The number of imidazole rings is 3. The Kier molecular flexibility index (Phi) is 27.6. The van der Waals surface area contributed by atoms with Gasteiger partial charge in [-0.25, -0.2) is 63.1 Å². The van der Waals surface area contributed by atoms with Gasteiger partial charge in [-0.2, -0.15) is 53.5 Å². The molecule has 28 heteroatoms. The van der Waals surface area contributed by atoms with Crippen molar-refractivity contribution in [2.75, 3.05) is 0 Å². The van der Waals surface area contributed by atoms with Gasteiger partial charge in [-0.15, -0.1) is 76.3 Å². The molecule has 648 valence electrons. The van der Waals surface area contributed by atoms with Gasteiger partial charge in [-0.3, -0.25) is 17.6 Å². The maximum absolute atomic E-state index is 13.7. The van der Waals surface area contributed by atoms with E-state index in [0.717, 1.165) is 162 Å². The summed E-state index contributed by atoms with van der Waals surface area (Å²) in [6, 6.07) is 102. The zero-order valence-electron chi connectivity index (χ0n) is 71.0. The summed E-state index contributed by atoms with van der Waals surface area (Å²) in [7, 11) is 0. The van der Waals surface area contributed by atoms with Crippen LogP contribution in [0.4, 0.5) is 17.6 Å². The first-order valence-electron chi connectivity index (χ1n) is 40.9. The third kappa shape index (κ3) is 19.2. The van der Waals surface area contributed by atoms with Crippen molar-refractivity contribution >= 4 is 98.5 Å². The van der Waals surface area contributed by atoms with E-state index in [9.17, 15) is 17.6 Å². The van der Waals surface area contributed by atoms with Crippen LogP contribution in [0.5, 0.6) is 0 Å². The normalized spacial score (nSPS) is 11.0. The summed E-state index contributed by atoms with van der Waals surface area (Å²) >= 11 is 0. The predicted octanol–water partition coefficient (Wildman–Crippen LogP) is 21.8. The zero-order chi connectivity index (χ0) is 88.8. The van der Waals surface area contributed by atoms with Crippen molar-refractivity contribution in [1.82, 2.24) is 102 Å². The van der Waals surface area contributed by atoms with Crippen molar-refractivity contribution in [3.63, 3.8) is 0 Å². The van der Waals surface area contributed by atoms with Gasteiger partial charge >= 0.3 is 60.3 Å². The van der Waals surface area contributed by atoms with E-state index in [1.165, 1.54) is 43.5 Å². The Bertz CT molecular complexity index is 7690. The quantitative estimate of drug-likeness (QED) is 0.0968. The SMILES string of the molecule is CC(C)(C)c1ccnc(-c2[c-]cc(F)cc2F)c1.Cc1ccnc(-c2[c-]cc(F)cc2F)c1.Cc1ccnc(-c2[c-]cccc2)c1.[Ir+3].[Ir+3].[Ir+3].[c-]1cc2c3ccccc3n(-c3ncncn3)c2cc1-n1[c-]nc2ccccc21.[c-]1cc2c3ccccc3n(-c3ncncn3)c2cc1-n1[c-]nc2ccccc21.[c-]1cc2c3ccccc3n(-c3ncncn3)c2cc1-n1[c-]nc2ccccc21. The molecule has 24 aromatic rings. The first kappa shape index (κ1) is 90.9. The monoisotopic (exact) mass is 2280 g/mol. The summed E-state index contributed by atoms with van der Waals surface area (Å²) in [5.41, 5.74) is 20.9. The van der Waals surface area contributed by atoms with Gasteiger partial charge in [0, 0.05) is 77.4 Å². The molecule has 0 radical (unpaired) electrons. The Hall–Kier alpha value is -15.4. The maximum Gasteiger partial charge on any atom is 3.00 e. The first-order chi connectivity index (χ1) is 63.6. The van der Waals surface area contributed by atoms with E-state index in [2.05, 4.69) is 218 Å². The number of fused-ring (bicyclic) bond motifs is 12. The molecule has 12 aromatic carbocycles. The Morgan fingerprint density at radius 3 is 0.977 bits per heavy atom. The molecule has 21 nitrogen and oxygen atoms in total. The first-order valence-corrected chi connectivity index (χ1v) is 40.9. The molecule has 0 saturated carbocycles. The molecular weight excluding hydrogens is 2210 g/mol. The number of para-hydroxylation sites is 9. The van der Waals surface area contributed by atoms with Gasteiger partial charge in [0.05, 0.1) is 0 Å². The number of rotatable bonds is 9. The molecule has 12 aromatic heterocycles. The second-order valence-corrected chi connectivity index (χ2v) is 30.8. The van der Waals surface area contributed by atoms with Crippen LogP contribution in [0.1, 0.15) is 37.5 Å². The molecule has 133 heavy (non-hydrogen) atoms. The van der Waals surface area contributed by atoms with Gasteiger partial charge in [0.2, 0.25) is 17.8 Å². The number of aromatic nitrogens is 21. The Morgan fingerprint density at radius 1 is 0.293 bits per heavy atom. The summed E-state index contributed by atoms with van der Waals surface area (Å²) < 4.78 is 64.4. The van der Waals surface area contributed by atoms with E-state index in [1.54, 1.807) is 18.5 Å². The Balaban J connectivity index is 0.000000118. The minimum atomic E-state index is -0.645. The van der Waals surface area contributed by atoms with Crippen LogP contribution in [-0.2, 0) is 65.7 Å². The second-order valence-electron chi connectivity index (χ2n) is 30.8. The summed E-state index contributed by atoms with van der Waals surface area (Å²) in [6.45, 7) is 10.1. The summed E-state index contributed by atoms with van der Waals surface area (Å²) in [5, 5.41) is 6.64. The molecule has 0 spiro atoms. The van der Waals surface area contributed by atoms with E-state index < -0.39 is 23.3 Å². The van der Waals surface area contributed by atoms with Crippen molar-refractivity contribution in [3.05, 3.63) is 419 Å². The van der Waals surface area contributed by atoms with Crippen molar-refractivity contribution < 1.29 is 77.9 Å². The average molecular weight is 2280 g/mol. The van der Waals surface area contributed by atoms with Crippen LogP contribution in [0.3, 0.4) is 0 Å². The third-order valence-corrected chi connectivity index (χ3v) is 21.4. The van der Waals surface area contributed by atoms with Gasteiger partial charge in [0.1, 0.15) is 38.0 Å². The third-order valence-electron chi connectivity index (χ3n) is 21.4. The van der Waals surface area contributed by atoms with E-state index in [1.807, 2.05) is 216 Å². The molecule has 0 atom stereocenters. The van der Waals surface area contributed by atoms with Crippen molar-refractivity contribution in [3.8, 4) is 68.7 Å². The number of nitrogens with zero attached hydrogens (tertiary/aromatic N) is 21. The van der Waals surface area contributed by atoms with Gasteiger partial charge in [0.25, 0.3) is 0 Å². The Labute approximate surface area is 799 Å². The maximum atomic E-state index is 13.7. The fourth-order valence-electron chi connectivity index (χ4n) is 15.3. The number of pyridine rings is 3. The number of benzene rings is 12. The van der Waals surface area contributed by atoms with Gasteiger partial charge < -0.3 is 57.3 Å². The fourth-order valence-corrected chi connectivity index (χ4v) is 15.3. The van der Waals surface area contributed by atoms with Crippen LogP contribution in [0.15, 0.2) is 323 Å². The van der Waals surface area contributed by atoms with E-state index in [-0.39, 0.29) is 76.9 Å². The van der Waals surface area contributed by atoms with Gasteiger partial charge in [-0.1, -0.05) is 234 Å². The predicted molar refractivity (Wildman–Crippen MR) is 493 cm³/mol. The molecule has 0 N–H and O–H groups in total. The van der Waals surface area contributed by atoms with Crippen LogP contribution in [0.25, 0.3) is 167 Å². The summed E-state index contributed by atoms with van der Waals surface area (Å²) in [4.78, 5) is 63.6. The molecule has 0 fully saturated rings. The van der Waals surface area contributed by atoms with E-state index in [0.29, 0.717) is 29.2 Å². The van der Waals surface area contributed by atoms with Crippen LogP contribution in [-0.4, -0.2) is 102 Å². The average Bonchev–Trinajstić information content (AvgIpc) is 1.60. The summed E-state index contributed by atoms with van der Waals surface area (Å²) in [6.07, 6.45) is 23.3. The largest absolute Gasteiger partial charge is 3.00 e. The van der Waals surface area contributed by atoms with Crippen molar-refractivity contribution in [2.45, 2.75) is 40.0 Å². The minimum absolute atomic E-state index is 0. The van der Waals surface area contributed by atoms with Crippen LogP contribution >= 0.6 is 0 Å². The second kappa shape index (κ2) is 40.3. The molecule has 0 unspecified atom stereocenters. The number of hydrogen-bond acceptors (Lipinski definition) is 15. The van der Waals surface area contributed by atoms with Crippen molar-refractivity contribution in [2.24, 2.45) is 0 Å². The van der Waals surface area contributed by atoms with Gasteiger partial charge in [-0.05, 0) is 111 Å². The van der Waals surface area contributed by atoms with E-state index in [4.69, 9.17) is 0 Å².